The van der Waals surface area contributed by atoms with Crippen molar-refractivity contribution in [3.05, 3.63) is 62.0 Å². The molecule has 0 saturated heterocycles. The van der Waals surface area contributed by atoms with Crippen molar-refractivity contribution in [3.8, 4) is 5.69 Å². The van der Waals surface area contributed by atoms with Crippen LogP contribution < -0.4 is 11.2 Å². The third-order valence-electron chi connectivity index (χ3n) is 2.90. The maximum Gasteiger partial charge on any atom is 0.347 e. The highest BCUT2D eigenvalue weighted by Gasteiger charge is 2.09. The second-order valence-electron chi connectivity index (χ2n) is 4.13. The summed E-state index contributed by atoms with van der Waals surface area (Å²) in [5.74, 6) is 0. The molecule has 0 fully saturated rings. The van der Waals surface area contributed by atoms with E-state index in [-0.39, 0.29) is 11.2 Å². The average molecular weight is 277 g/mol. The van der Waals surface area contributed by atoms with E-state index in [1.165, 1.54) is 21.4 Å². The van der Waals surface area contributed by atoms with Gasteiger partial charge in [0.2, 0.25) is 5.65 Å². The Morgan fingerprint density at radius 2 is 2.05 bits per heavy atom. The molecule has 1 N–H and O–H groups in total. The molecule has 0 aliphatic heterocycles. The van der Waals surface area contributed by atoms with Crippen LogP contribution in [0.3, 0.4) is 0 Å². The van der Waals surface area contributed by atoms with Crippen molar-refractivity contribution in [2.45, 2.75) is 6.92 Å². The van der Waals surface area contributed by atoms with E-state index in [1.54, 1.807) is 18.2 Å². The van der Waals surface area contributed by atoms with Crippen LogP contribution in [0.15, 0.2) is 40.2 Å². The molecule has 0 bridgehead atoms. The van der Waals surface area contributed by atoms with E-state index >= 15 is 0 Å². The number of rotatable bonds is 1. The molecule has 2 heterocycles. The predicted octanol–water partition coefficient (Wildman–Crippen LogP) is 1.14. The van der Waals surface area contributed by atoms with Crippen molar-refractivity contribution < 1.29 is 0 Å². The molecule has 0 aliphatic carbocycles. The maximum atomic E-state index is 12.2. The van der Waals surface area contributed by atoms with E-state index in [4.69, 9.17) is 11.6 Å². The summed E-state index contributed by atoms with van der Waals surface area (Å²) in [5, 5.41) is 6.58. The molecule has 0 unspecified atom stereocenters. The quantitative estimate of drug-likeness (QED) is 0.724. The van der Waals surface area contributed by atoms with E-state index in [9.17, 15) is 9.59 Å². The molecule has 19 heavy (non-hydrogen) atoms. The van der Waals surface area contributed by atoms with Gasteiger partial charge in [-0.2, -0.15) is 0 Å². The van der Waals surface area contributed by atoms with Crippen LogP contribution in [0.1, 0.15) is 5.56 Å². The second-order valence-corrected chi connectivity index (χ2v) is 4.54. The van der Waals surface area contributed by atoms with Gasteiger partial charge in [0.25, 0.3) is 0 Å². The molecule has 2 aromatic heterocycles. The Labute approximate surface area is 111 Å². The Morgan fingerprint density at radius 3 is 2.79 bits per heavy atom. The third kappa shape index (κ3) is 1.77. The van der Waals surface area contributed by atoms with Crippen molar-refractivity contribution in [2.75, 3.05) is 0 Å². The Morgan fingerprint density at radius 1 is 1.26 bits per heavy atom. The smallest absolute Gasteiger partial charge is 0.280 e. The lowest BCUT2D eigenvalue weighted by Crippen LogP contribution is -2.22. The SMILES string of the molecule is Cc1cc(-n2ccn3c(=O)[nH]nc3c2=O)ccc1Cl. The van der Waals surface area contributed by atoms with Gasteiger partial charge in [0.1, 0.15) is 0 Å². The molecule has 1 aromatic carbocycles. The van der Waals surface area contributed by atoms with Crippen molar-refractivity contribution in [1.82, 2.24) is 19.2 Å². The topological polar surface area (TPSA) is 72.2 Å². The Kier molecular flexibility index (Phi) is 2.53. The monoisotopic (exact) mass is 276 g/mol. The number of hydrogen-bond donors (Lipinski definition) is 1. The molecule has 0 amide bonds. The van der Waals surface area contributed by atoms with Crippen molar-refractivity contribution in [1.29, 1.82) is 0 Å². The minimum absolute atomic E-state index is 0.0557. The van der Waals surface area contributed by atoms with Crippen molar-refractivity contribution >= 4 is 17.2 Å². The minimum Gasteiger partial charge on any atom is -0.280 e. The number of benzene rings is 1. The number of H-pyrrole nitrogens is 1. The molecule has 0 aliphatic rings. The highest BCUT2D eigenvalue weighted by atomic mass is 35.5. The summed E-state index contributed by atoms with van der Waals surface area (Å²) >= 11 is 5.96. The van der Waals surface area contributed by atoms with Crippen LogP contribution in [0.25, 0.3) is 11.3 Å². The third-order valence-corrected chi connectivity index (χ3v) is 3.32. The average Bonchev–Trinajstić information content (AvgIpc) is 2.76. The zero-order chi connectivity index (χ0) is 13.6. The molecule has 0 spiro atoms. The van der Waals surface area contributed by atoms with Gasteiger partial charge < -0.3 is 0 Å². The fourth-order valence-electron chi connectivity index (χ4n) is 1.88. The van der Waals surface area contributed by atoms with E-state index in [0.717, 1.165) is 5.56 Å². The van der Waals surface area contributed by atoms with Crippen LogP contribution in [0.2, 0.25) is 5.02 Å². The van der Waals surface area contributed by atoms with Crippen LogP contribution in [0.5, 0.6) is 0 Å². The Hall–Kier alpha value is -2.34. The number of nitrogens with one attached hydrogen (secondary N) is 1. The molecule has 96 valence electrons. The highest BCUT2D eigenvalue weighted by molar-refractivity contribution is 6.31. The van der Waals surface area contributed by atoms with Crippen LogP contribution in [0, 0.1) is 6.92 Å². The first-order valence-corrected chi connectivity index (χ1v) is 5.90. The van der Waals surface area contributed by atoms with Crippen LogP contribution >= 0.6 is 11.6 Å². The summed E-state index contributed by atoms with van der Waals surface area (Å²) < 4.78 is 2.58. The summed E-state index contributed by atoms with van der Waals surface area (Å²) in [4.78, 5) is 23.6. The molecule has 7 heteroatoms. The molecular weight excluding hydrogens is 268 g/mol. The van der Waals surface area contributed by atoms with Gasteiger partial charge in [-0.25, -0.2) is 14.3 Å². The van der Waals surface area contributed by atoms with E-state index in [1.807, 2.05) is 6.92 Å². The van der Waals surface area contributed by atoms with Gasteiger partial charge in [0, 0.05) is 23.1 Å². The molecule has 6 nitrogen and oxygen atoms in total. The molecule has 0 radical (unpaired) electrons. The number of aromatic nitrogens is 4. The lowest BCUT2D eigenvalue weighted by atomic mass is 10.2. The number of nitrogens with zero attached hydrogens (tertiary/aromatic N) is 3. The van der Waals surface area contributed by atoms with Crippen molar-refractivity contribution in [3.63, 3.8) is 0 Å². The number of aryl methyl sites for hydroxylation is 1. The fraction of sp³-hybridized carbons (Fsp3) is 0.0833. The maximum absolute atomic E-state index is 12.2. The zero-order valence-corrected chi connectivity index (χ0v) is 10.7. The van der Waals surface area contributed by atoms with Gasteiger partial charge in [0.15, 0.2) is 0 Å². The molecule has 0 saturated carbocycles. The summed E-state index contributed by atoms with van der Waals surface area (Å²) in [6.45, 7) is 1.86. The van der Waals surface area contributed by atoms with Gasteiger partial charge in [-0.3, -0.25) is 9.36 Å². The largest absolute Gasteiger partial charge is 0.347 e. The lowest BCUT2D eigenvalue weighted by Gasteiger charge is -2.07. The van der Waals surface area contributed by atoms with Gasteiger partial charge in [-0.15, -0.1) is 5.10 Å². The van der Waals surface area contributed by atoms with E-state index in [0.29, 0.717) is 10.7 Å². The normalized spacial score (nSPS) is 11.1. The van der Waals surface area contributed by atoms with Gasteiger partial charge in [-0.1, -0.05) is 11.6 Å². The summed E-state index contributed by atoms with van der Waals surface area (Å²) in [6, 6.07) is 5.25. The summed E-state index contributed by atoms with van der Waals surface area (Å²) in [7, 11) is 0. The summed E-state index contributed by atoms with van der Waals surface area (Å²) in [6.07, 6.45) is 3.02. The van der Waals surface area contributed by atoms with E-state index in [2.05, 4.69) is 10.2 Å². The number of halogens is 1. The second kappa shape index (κ2) is 4.10. The zero-order valence-electron chi connectivity index (χ0n) is 9.92. The minimum atomic E-state index is -0.438. The predicted molar refractivity (Wildman–Crippen MR) is 71.2 cm³/mol. The first-order valence-electron chi connectivity index (χ1n) is 5.53. The molecule has 3 aromatic rings. The number of fused-ring (bicyclic) bond motifs is 1. The van der Waals surface area contributed by atoms with Gasteiger partial charge in [0.05, 0.1) is 0 Å². The highest BCUT2D eigenvalue weighted by Crippen LogP contribution is 2.17. The first-order chi connectivity index (χ1) is 9.08. The number of hydrogen-bond acceptors (Lipinski definition) is 3. The lowest BCUT2D eigenvalue weighted by molar-refractivity contribution is 0.938. The van der Waals surface area contributed by atoms with Crippen molar-refractivity contribution in [2.24, 2.45) is 0 Å². The molecular formula is C12H9ClN4O2. The van der Waals surface area contributed by atoms with Gasteiger partial charge in [-0.05, 0) is 30.7 Å². The van der Waals surface area contributed by atoms with Crippen LogP contribution in [-0.2, 0) is 0 Å². The number of aromatic amines is 1. The van der Waals surface area contributed by atoms with Crippen LogP contribution in [0.4, 0.5) is 0 Å². The molecule has 0 atom stereocenters. The van der Waals surface area contributed by atoms with Gasteiger partial charge >= 0.3 is 11.2 Å². The first kappa shape index (κ1) is 11.7. The van der Waals surface area contributed by atoms with E-state index < -0.39 is 5.69 Å². The Bertz CT molecular complexity index is 891. The Balaban J connectivity index is 2.31. The fourth-order valence-corrected chi connectivity index (χ4v) is 2.00. The van der Waals surface area contributed by atoms with Crippen LogP contribution in [-0.4, -0.2) is 19.2 Å². The standard InChI is InChI=1S/C12H9ClN4O2/c1-7-6-8(2-3-9(7)13)16-4-5-17-10(11(16)18)14-15-12(17)19/h2-6H,1H3,(H,15,19). The molecule has 3 rings (SSSR count). The summed E-state index contributed by atoms with van der Waals surface area (Å²) in [5.41, 5.74) is 0.782.